The van der Waals surface area contributed by atoms with Gasteiger partial charge in [-0.2, -0.15) is 18.0 Å². The Hall–Kier alpha value is -2.45. The maximum Gasteiger partial charge on any atom is 0.416 e. The van der Waals surface area contributed by atoms with Crippen LogP contribution in [0, 0.1) is 0 Å². The van der Waals surface area contributed by atoms with E-state index in [1.165, 1.54) is 12.1 Å². The maximum atomic E-state index is 12.7. The summed E-state index contributed by atoms with van der Waals surface area (Å²) in [7, 11) is 0. The van der Waals surface area contributed by atoms with Gasteiger partial charge in [-0.3, -0.25) is 4.79 Å². The van der Waals surface area contributed by atoms with Gasteiger partial charge < -0.3 is 5.32 Å². The van der Waals surface area contributed by atoms with Crippen molar-refractivity contribution in [2.75, 3.05) is 0 Å². The third kappa shape index (κ3) is 3.49. The molecule has 1 N–H and O–H groups in total. The SMILES string of the molecule is C[C@@H](C(=O)NC1CC1)n1nnc(-c2cccc(C(F)(F)F)c2)n1. The number of hydrogen-bond donors (Lipinski definition) is 1. The van der Waals surface area contributed by atoms with Crippen LogP contribution in [0.5, 0.6) is 0 Å². The zero-order valence-electron chi connectivity index (χ0n) is 12.2. The van der Waals surface area contributed by atoms with Gasteiger partial charge in [0, 0.05) is 11.6 Å². The van der Waals surface area contributed by atoms with Crippen LogP contribution in [0.2, 0.25) is 0 Å². The van der Waals surface area contributed by atoms with Crippen LogP contribution in [0.15, 0.2) is 24.3 Å². The Morgan fingerprint density at radius 2 is 2.13 bits per heavy atom. The van der Waals surface area contributed by atoms with Crippen LogP contribution in [0.4, 0.5) is 13.2 Å². The minimum atomic E-state index is -4.44. The van der Waals surface area contributed by atoms with E-state index in [4.69, 9.17) is 0 Å². The van der Waals surface area contributed by atoms with Crippen LogP contribution in [0.1, 0.15) is 31.4 Å². The van der Waals surface area contributed by atoms with Crippen molar-refractivity contribution >= 4 is 5.91 Å². The van der Waals surface area contributed by atoms with Gasteiger partial charge in [0.15, 0.2) is 0 Å². The molecule has 9 heteroatoms. The topological polar surface area (TPSA) is 72.7 Å². The van der Waals surface area contributed by atoms with Gasteiger partial charge in [0.25, 0.3) is 0 Å². The number of aromatic nitrogens is 4. The molecule has 1 aliphatic rings. The van der Waals surface area contributed by atoms with Gasteiger partial charge in [-0.15, -0.1) is 10.2 Å². The van der Waals surface area contributed by atoms with Gasteiger partial charge >= 0.3 is 6.18 Å². The van der Waals surface area contributed by atoms with Crippen molar-refractivity contribution in [3.63, 3.8) is 0 Å². The molecule has 0 unspecified atom stereocenters. The lowest BCUT2D eigenvalue weighted by molar-refractivity contribution is -0.137. The Kier molecular flexibility index (Phi) is 3.78. The molecule has 1 aromatic heterocycles. The molecular weight excluding hydrogens is 311 g/mol. The molecule has 1 heterocycles. The molecule has 1 amide bonds. The summed E-state index contributed by atoms with van der Waals surface area (Å²) in [5, 5.41) is 14.3. The summed E-state index contributed by atoms with van der Waals surface area (Å²) in [5.41, 5.74) is -0.591. The normalized spacial score (nSPS) is 16.2. The lowest BCUT2D eigenvalue weighted by Crippen LogP contribution is -2.33. The van der Waals surface area contributed by atoms with E-state index in [9.17, 15) is 18.0 Å². The van der Waals surface area contributed by atoms with E-state index < -0.39 is 17.8 Å². The van der Waals surface area contributed by atoms with Crippen molar-refractivity contribution in [2.45, 2.75) is 38.0 Å². The number of alkyl halides is 3. The second-order valence-electron chi connectivity index (χ2n) is 5.47. The molecule has 0 radical (unpaired) electrons. The van der Waals surface area contributed by atoms with Gasteiger partial charge in [-0.25, -0.2) is 0 Å². The number of halogens is 3. The van der Waals surface area contributed by atoms with E-state index in [0.29, 0.717) is 0 Å². The standard InChI is InChI=1S/C14H14F3N5O/c1-8(13(23)18-11-5-6-11)22-20-12(19-21-22)9-3-2-4-10(7-9)14(15,16)17/h2-4,7-8,11H,5-6H2,1H3,(H,18,23)/t8-/m0/s1. The fraction of sp³-hybridized carbons (Fsp3) is 0.429. The first-order valence-corrected chi connectivity index (χ1v) is 7.12. The van der Waals surface area contributed by atoms with E-state index in [1.54, 1.807) is 6.92 Å². The molecule has 0 spiro atoms. The van der Waals surface area contributed by atoms with E-state index in [1.807, 2.05) is 0 Å². The largest absolute Gasteiger partial charge is 0.416 e. The average molecular weight is 325 g/mol. The third-order valence-electron chi connectivity index (χ3n) is 3.53. The number of nitrogens with zero attached hydrogens (tertiary/aromatic N) is 4. The first kappa shape index (κ1) is 15.4. The number of carbonyl (C=O) groups is 1. The number of hydrogen-bond acceptors (Lipinski definition) is 4. The summed E-state index contributed by atoms with van der Waals surface area (Å²) >= 11 is 0. The molecule has 1 saturated carbocycles. The van der Waals surface area contributed by atoms with Crippen molar-refractivity contribution in [2.24, 2.45) is 0 Å². The van der Waals surface area contributed by atoms with Gasteiger partial charge in [0.05, 0.1) is 5.56 Å². The van der Waals surface area contributed by atoms with E-state index in [2.05, 4.69) is 20.7 Å². The predicted octanol–water partition coefficient (Wildman–Crippen LogP) is 2.20. The monoisotopic (exact) mass is 325 g/mol. The van der Waals surface area contributed by atoms with Crippen LogP contribution in [0.25, 0.3) is 11.4 Å². The molecule has 122 valence electrons. The van der Waals surface area contributed by atoms with Crippen LogP contribution >= 0.6 is 0 Å². The average Bonchev–Trinajstić information content (AvgIpc) is 3.18. The minimum absolute atomic E-state index is 0.0437. The zero-order chi connectivity index (χ0) is 16.6. The van der Waals surface area contributed by atoms with Gasteiger partial charge in [-0.1, -0.05) is 12.1 Å². The van der Waals surface area contributed by atoms with E-state index in [-0.39, 0.29) is 23.3 Å². The summed E-state index contributed by atoms with van der Waals surface area (Å²) in [6.45, 7) is 1.61. The number of carbonyl (C=O) groups excluding carboxylic acids is 1. The van der Waals surface area contributed by atoms with Crippen molar-refractivity contribution in [1.82, 2.24) is 25.5 Å². The highest BCUT2D eigenvalue weighted by atomic mass is 19.4. The van der Waals surface area contributed by atoms with Gasteiger partial charge in [0.1, 0.15) is 6.04 Å². The lowest BCUT2D eigenvalue weighted by Gasteiger charge is -2.09. The zero-order valence-corrected chi connectivity index (χ0v) is 12.2. The maximum absolute atomic E-state index is 12.7. The molecule has 0 saturated heterocycles. The molecule has 1 atom stereocenters. The summed E-state index contributed by atoms with van der Waals surface area (Å²) < 4.78 is 38.2. The Balaban J connectivity index is 1.80. The van der Waals surface area contributed by atoms with Crippen LogP contribution in [-0.2, 0) is 11.0 Å². The second kappa shape index (κ2) is 5.64. The number of benzene rings is 1. The summed E-state index contributed by atoms with van der Waals surface area (Å²) in [6.07, 6.45) is -2.53. The van der Waals surface area contributed by atoms with E-state index >= 15 is 0 Å². The van der Waals surface area contributed by atoms with Crippen molar-refractivity contribution in [3.8, 4) is 11.4 Å². The quantitative estimate of drug-likeness (QED) is 0.935. The fourth-order valence-electron chi connectivity index (χ4n) is 1.99. The molecular formula is C14H14F3N5O. The predicted molar refractivity (Wildman–Crippen MR) is 74.1 cm³/mol. The molecule has 1 aliphatic carbocycles. The number of tetrazole rings is 1. The van der Waals surface area contributed by atoms with Crippen LogP contribution < -0.4 is 5.32 Å². The molecule has 3 rings (SSSR count). The Labute approximate surface area is 129 Å². The number of rotatable bonds is 4. The fourth-order valence-corrected chi connectivity index (χ4v) is 1.99. The minimum Gasteiger partial charge on any atom is -0.351 e. The highest BCUT2D eigenvalue weighted by molar-refractivity contribution is 5.80. The van der Waals surface area contributed by atoms with Gasteiger partial charge in [0.2, 0.25) is 11.7 Å². The smallest absolute Gasteiger partial charge is 0.351 e. The Morgan fingerprint density at radius 3 is 2.78 bits per heavy atom. The molecule has 0 bridgehead atoms. The van der Waals surface area contributed by atoms with Gasteiger partial charge in [-0.05, 0) is 37.1 Å². The molecule has 1 aromatic carbocycles. The molecule has 2 aromatic rings. The second-order valence-corrected chi connectivity index (χ2v) is 5.47. The molecule has 1 fully saturated rings. The molecule has 23 heavy (non-hydrogen) atoms. The summed E-state index contributed by atoms with van der Waals surface area (Å²) in [5.74, 6) is -0.192. The highest BCUT2D eigenvalue weighted by Crippen LogP contribution is 2.31. The molecule has 6 nitrogen and oxygen atoms in total. The number of nitrogens with one attached hydrogen (secondary N) is 1. The number of amides is 1. The van der Waals surface area contributed by atoms with E-state index in [0.717, 1.165) is 29.8 Å². The van der Waals surface area contributed by atoms with Crippen molar-refractivity contribution in [1.29, 1.82) is 0 Å². The highest BCUT2D eigenvalue weighted by Gasteiger charge is 2.31. The third-order valence-corrected chi connectivity index (χ3v) is 3.53. The van der Waals surface area contributed by atoms with Crippen molar-refractivity contribution in [3.05, 3.63) is 29.8 Å². The Morgan fingerprint density at radius 1 is 1.39 bits per heavy atom. The first-order chi connectivity index (χ1) is 10.8. The van der Waals surface area contributed by atoms with Crippen LogP contribution in [0.3, 0.4) is 0 Å². The van der Waals surface area contributed by atoms with Crippen molar-refractivity contribution < 1.29 is 18.0 Å². The Bertz CT molecular complexity index is 723. The summed E-state index contributed by atoms with van der Waals surface area (Å²) in [6, 6.07) is 4.20. The lowest BCUT2D eigenvalue weighted by atomic mass is 10.1. The van der Waals surface area contributed by atoms with Crippen LogP contribution in [-0.4, -0.2) is 32.2 Å². The molecule has 0 aliphatic heterocycles. The first-order valence-electron chi connectivity index (χ1n) is 7.12. The summed E-state index contributed by atoms with van der Waals surface area (Å²) in [4.78, 5) is 13.0.